The molecule has 3 aromatic rings. The van der Waals surface area contributed by atoms with Crippen LogP contribution < -0.4 is 10.2 Å². The van der Waals surface area contributed by atoms with Crippen LogP contribution in [0.15, 0.2) is 50.6 Å². The molecule has 5 nitrogen and oxygen atoms in total. The quantitative estimate of drug-likeness (QED) is 0.594. The first-order chi connectivity index (χ1) is 10.3. The van der Waals surface area contributed by atoms with Crippen molar-refractivity contribution in [2.75, 3.05) is 7.11 Å². The summed E-state index contributed by atoms with van der Waals surface area (Å²) in [4.78, 5) is 11.9. The van der Waals surface area contributed by atoms with Crippen LogP contribution in [0, 0.1) is 0 Å². The van der Waals surface area contributed by atoms with E-state index in [1.165, 1.54) is 24.7 Å². The number of nitrogens with zero attached hydrogens (tertiary/aromatic N) is 1. The van der Waals surface area contributed by atoms with E-state index in [0.29, 0.717) is 17.1 Å². The number of fused-ring (bicyclic) bond motifs is 1. The van der Waals surface area contributed by atoms with Gasteiger partial charge in [0.25, 0.3) is 5.91 Å². The molecule has 2 heterocycles. The van der Waals surface area contributed by atoms with Gasteiger partial charge in [0.2, 0.25) is 0 Å². The van der Waals surface area contributed by atoms with E-state index in [-0.39, 0.29) is 5.91 Å². The molecule has 6 heteroatoms. The second-order valence-electron chi connectivity index (χ2n) is 4.24. The fraction of sp³-hybridized carbons (Fsp3) is 0.0667. The van der Waals surface area contributed by atoms with Crippen molar-refractivity contribution >= 4 is 34.4 Å². The van der Waals surface area contributed by atoms with Crippen LogP contribution >= 0.6 is 11.3 Å². The van der Waals surface area contributed by atoms with Crippen LogP contribution in [0.3, 0.4) is 0 Å². The summed E-state index contributed by atoms with van der Waals surface area (Å²) in [5.41, 5.74) is 3.69. The molecule has 0 aliphatic rings. The maximum atomic E-state index is 11.9. The van der Waals surface area contributed by atoms with Crippen molar-refractivity contribution < 1.29 is 13.9 Å². The second-order valence-corrected chi connectivity index (χ2v) is 4.98. The van der Waals surface area contributed by atoms with Crippen molar-refractivity contribution in [1.29, 1.82) is 0 Å². The lowest BCUT2D eigenvalue weighted by Gasteiger charge is -2.00. The summed E-state index contributed by atoms with van der Waals surface area (Å²) < 4.78 is 10.7. The first-order valence-corrected chi connectivity index (χ1v) is 7.14. The number of hydrazone groups is 1. The number of ether oxygens (including phenoxy) is 1. The van der Waals surface area contributed by atoms with Gasteiger partial charge in [-0.2, -0.15) is 5.10 Å². The number of para-hydroxylation sites is 1. The lowest BCUT2D eigenvalue weighted by molar-refractivity contribution is 0.0952. The molecule has 0 saturated carbocycles. The monoisotopic (exact) mass is 300 g/mol. The van der Waals surface area contributed by atoms with E-state index >= 15 is 0 Å². The Morgan fingerprint density at radius 2 is 2.24 bits per heavy atom. The van der Waals surface area contributed by atoms with E-state index in [2.05, 4.69) is 10.5 Å². The van der Waals surface area contributed by atoms with Crippen molar-refractivity contribution in [2.45, 2.75) is 0 Å². The molecule has 0 saturated heterocycles. The largest absolute Gasteiger partial charge is 0.495 e. The summed E-state index contributed by atoms with van der Waals surface area (Å²) in [6.45, 7) is 0. The normalized spacial score (nSPS) is 11.1. The highest BCUT2D eigenvalue weighted by molar-refractivity contribution is 7.08. The molecular weight excluding hydrogens is 288 g/mol. The van der Waals surface area contributed by atoms with E-state index in [4.69, 9.17) is 9.15 Å². The molecule has 2 aromatic heterocycles. The molecule has 0 fully saturated rings. The molecule has 0 atom stereocenters. The van der Waals surface area contributed by atoms with Gasteiger partial charge in [0.1, 0.15) is 17.1 Å². The molecule has 1 amide bonds. The third-order valence-electron chi connectivity index (χ3n) is 2.89. The number of thiophene rings is 1. The van der Waals surface area contributed by atoms with Crippen LogP contribution in [0.4, 0.5) is 0 Å². The van der Waals surface area contributed by atoms with Crippen molar-refractivity contribution in [3.05, 3.63) is 52.4 Å². The number of nitrogens with one attached hydrogen (secondary N) is 1. The lowest BCUT2D eigenvalue weighted by atomic mass is 10.2. The Morgan fingerprint density at radius 3 is 3.05 bits per heavy atom. The summed E-state index contributed by atoms with van der Waals surface area (Å²) in [6.07, 6.45) is 1.47. The fourth-order valence-corrected chi connectivity index (χ4v) is 2.66. The van der Waals surface area contributed by atoms with Gasteiger partial charge in [0.05, 0.1) is 18.9 Å². The molecule has 0 unspecified atom stereocenters. The van der Waals surface area contributed by atoms with Gasteiger partial charge in [-0.05, 0) is 12.1 Å². The summed E-state index contributed by atoms with van der Waals surface area (Å²) >= 11 is 1.40. The molecule has 106 valence electrons. The van der Waals surface area contributed by atoms with Crippen molar-refractivity contribution in [1.82, 2.24) is 5.43 Å². The number of hydrogen-bond acceptors (Lipinski definition) is 5. The Balaban J connectivity index is 1.70. The average molecular weight is 300 g/mol. The zero-order valence-corrected chi connectivity index (χ0v) is 12.0. The molecule has 1 aromatic carbocycles. The van der Waals surface area contributed by atoms with E-state index in [0.717, 1.165) is 11.0 Å². The van der Waals surface area contributed by atoms with Crippen LogP contribution in [0.5, 0.6) is 5.75 Å². The highest BCUT2D eigenvalue weighted by atomic mass is 32.1. The minimum absolute atomic E-state index is 0.319. The van der Waals surface area contributed by atoms with E-state index < -0.39 is 0 Å². The van der Waals surface area contributed by atoms with Gasteiger partial charge in [-0.25, -0.2) is 5.43 Å². The minimum Gasteiger partial charge on any atom is -0.495 e. The zero-order chi connectivity index (χ0) is 14.7. The maximum absolute atomic E-state index is 11.9. The van der Waals surface area contributed by atoms with E-state index in [1.54, 1.807) is 10.8 Å². The number of carbonyl (C=O) groups is 1. The number of amides is 1. The SMILES string of the molecule is COc1cscc1C(=O)N/N=C/c1cc2ccccc2o1. The minimum atomic E-state index is -0.319. The number of rotatable bonds is 4. The third kappa shape index (κ3) is 2.80. The number of hydrogen-bond donors (Lipinski definition) is 1. The summed E-state index contributed by atoms with van der Waals surface area (Å²) in [7, 11) is 1.52. The molecule has 1 N–H and O–H groups in total. The Bertz CT molecular complexity index is 771. The second kappa shape index (κ2) is 5.80. The van der Waals surface area contributed by atoms with Gasteiger partial charge in [-0.15, -0.1) is 11.3 Å². The Kier molecular flexibility index (Phi) is 3.70. The van der Waals surface area contributed by atoms with Gasteiger partial charge >= 0.3 is 0 Å². The van der Waals surface area contributed by atoms with Crippen molar-refractivity contribution in [3.8, 4) is 5.75 Å². The van der Waals surface area contributed by atoms with Crippen LogP contribution in [0.25, 0.3) is 11.0 Å². The van der Waals surface area contributed by atoms with Crippen LogP contribution in [-0.4, -0.2) is 19.2 Å². The van der Waals surface area contributed by atoms with Crippen LogP contribution in [0.2, 0.25) is 0 Å². The third-order valence-corrected chi connectivity index (χ3v) is 3.62. The zero-order valence-electron chi connectivity index (χ0n) is 11.2. The first kappa shape index (κ1) is 13.4. The molecule has 3 rings (SSSR count). The molecule has 0 radical (unpaired) electrons. The standard InChI is InChI=1S/C15H12N2O3S/c1-19-14-9-21-8-12(14)15(18)17-16-7-11-6-10-4-2-3-5-13(10)20-11/h2-9H,1H3,(H,17,18)/b16-7+. The predicted molar refractivity (Wildman–Crippen MR) is 82.1 cm³/mol. The molecule has 0 spiro atoms. The van der Waals surface area contributed by atoms with Crippen LogP contribution in [-0.2, 0) is 0 Å². The molecule has 21 heavy (non-hydrogen) atoms. The number of carbonyl (C=O) groups excluding carboxylic acids is 1. The molecule has 0 aliphatic carbocycles. The number of benzene rings is 1. The smallest absolute Gasteiger partial charge is 0.275 e. The fourth-order valence-electron chi connectivity index (χ4n) is 1.89. The van der Waals surface area contributed by atoms with Crippen molar-refractivity contribution in [3.63, 3.8) is 0 Å². The van der Waals surface area contributed by atoms with Gasteiger partial charge in [-0.3, -0.25) is 4.79 Å². The summed E-state index contributed by atoms with van der Waals surface area (Å²) in [6, 6.07) is 9.52. The van der Waals surface area contributed by atoms with E-state index in [9.17, 15) is 4.79 Å². The molecular formula is C15H12N2O3S. The van der Waals surface area contributed by atoms with Crippen molar-refractivity contribution in [2.24, 2.45) is 5.10 Å². The highest BCUT2D eigenvalue weighted by Crippen LogP contribution is 2.22. The predicted octanol–water partition coefficient (Wildman–Crippen LogP) is 3.27. The van der Waals surface area contributed by atoms with Gasteiger partial charge in [0.15, 0.2) is 0 Å². The lowest BCUT2D eigenvalue weighted by Crippen LogP contribution is -2.17. The Morgan fingerprint density at radius 1 is 1.38 bits per heavy atom. The summed E-state index contributed by atoms with van der Waals surface area (Å²) in [5.74, 6) is 0.797. The highest BCUT2D eigenvalue weighted by Gasteiger charge is 2.12. The topological polar surface area (TPSA) is 63.8 Å². The summed E-state index contributed by atoms with van der Waals surface area (Å²) in [5, 5.41) is 8.36. The van der Waals surface area contributed by atoms with E-state index in [1.807, 2.05) is 30.3 Å². The van der Waals surface area contributed by atoms with Gasteiger partial charge in [0, 0.05) is 16.1 Å². The Labute approximate surface area is 124 Å². The van der Waals surface area contributed by atoms with Gasteiger partial charge < -0.3 is 9.15 Å². The maximum Gasteiger partial charge on any atom is 0.275 e. The molecule has 0 bridgehead atoms. The first-order valence-electron chi connectivity index (χ1n) is 6.20. The molecule has 0 aliphatic heterocycles. The van der Waals surface area contributed by atoms with Gasteiger partial charge in [-0.1, -0.05) is 18.2 Å². The number of furan rings is 1. The number of methoxy groups -OCH3 is 1. The van der Waals surface area contributed by atoms with Crippen LogP contribution in [0.1, 0.15) is 16.1 Å². The Hall–Kier alpha value is -2.60. The average Bonchev–Trinajstić information content (AvgIpc) is 3.12.